The van der Waals surface area contributed by atoms with E-state index in [4.69, 9.17) is 21.1 Å². The van der Waals surface area contributed by atoms with E-state index in [1.165, 1.54) is 12.8 Å². The molecular weight excluding hydrogens is 302 g/mol. The van der Waals surface area contributed by atoms with E-state index in [1.807, 2.05) is 12.1 Å². The quantitative estimate of drug-likeness (QED) is 0.581. The number of halogens is 1. The second-order valence-electron chi connectivity index (χ2n) is 6.19. The van der Waals surface area contributed by atoms with Gasteiger partial charge in [0.2, 0.25) is 6.08 Å². The summed E-state index contributed by atoms with van der Waals surface area (Å²) in [7, 11) is 1.58. The number of nitrogens with zero attached hydrogens (tertiary/aromatic N) is 1. The van der Waals surface area contributed by atoms with Gasteiger partial charge >= 0.3 is 0 Å². The zero-order valence-corrected chi connectivity index (χ0v) is 13.5. The van der Waals surface area contributed by atoms with Crippen LogP contribution in [0.3, 0.4) is 0 Å². The van der Waals surface area contributed by atoms with Gasteiger partial charge in [-0.25, -0.2) is 4.79 Å². The van der Waals surface area contributed by atoms with Crippen molar-refractivity contribution in [3.8, 4) is 11.5 Å². The molecule has 0 atom stereocenters. The van der Waals surface area contributed by atoms with Crippen LogP contribution < -0.4 is 9.47 Å². The first-order valence-corrected chi connectivity index (χ1v) is 8.16. The Morgan fingerprint density at radius 2 is 2.09 bits per heavy atom. The number of rotatable bonds is 6. The molecule has 118 valence electrons. The molecule has 0 heterocycles. The van der Waals surface area contributed by atoms with Crippen molar-refractivity contribution >= 4 is 17.7 Å². The monoisotopic (exact) mass is 321 g/mol. The molecule has 0 spiro atoms. The first-order chi connectivity index (χ1) is 10.7. The highest BCUT2D eigenvalue weighted by Gasteiger charge is 2.37. The van der Waals surface area contributed by atoms with Crippen LogP contribution in [0.5, 0.6) is 11.5 Å². The van der Waals surface area contributed by atoms with Crippen LogP contribution in [0.4, 0.5) is 0 Å². The third-order valence-corrected chi connectivity index (χ3v) is 4.89. The van der Waals surface area contributed by atoms with Crippen molar-refractivity contribution < 1.29 is 14.3 Å². The van der Waals surface area contributed by atoms with Crippen molar-refractivity contribution in [2.45, 2.75) is 44.1 Å². The molecule has 2 fully saturated rings. The van der Waals surface area contributed by atoms with E-state index in [9.17, 15) is 4.79 Å². The van der Waals surface area contributed by atoms with Gasteiger partial charge in [-0.15, -0.1) is 0 Å². The van der Waals surface area contributed by atoms with Crippen LogP contribution in [-0.4, -0.2) is 19.8 Å². The Labute approximate surface area is 135 Å². The summed E-state index contributed by atoms with van der Waals surface area (Å²) in [6.45, 7) is 0.681. The summed E-state index contributed by atoms with van der Waals surface area (Å²) in [6.07, 6.45) is 7.95. The van der Waals surface area contributed by atoms with E-state index in [2.05, 4.69) is 4.99 Å². The molecule has 0 aliphatic heterocycles. The lowest BCUT2D eigenvalue weighted by molar-refractivity contribution is 0.279. The van der Waals surface area contributed by atoms with Crippen molar-refractivity contribution in [3.05, 3.63) is 22.7 Å². The van der Waals surface area contributed by atoms with Gasteiger partial charge in [0.05, 0.1) is 24.3 Å². The summed E-state index contributed by atoms with van der Waals surface area (Å²) in [5.41, 5.74) is 0.417. The number of carbonyl (C=O) groups excluding carboxylic acids is 1. The van der Waals surface area contributed by atoms with E-state index in [-0.39, 0.29) is 0 Å². The number of hydrogen-bond donors (Lipinski definition) is 0. The van der Waals surface area contributed by atoms with Crippen LogP contribution in [0, 0.1) is 5.92 Å². The molecule has 0 saturated heterocycles. The lowest BCUT2D eigenvalue weighted by Gasteiger charge is -2.24. The fraction of sp³-hybridized carbons (Fsp3) is 0.588. The second-order valence-corrected chi connectivity index (χ2v) is 6.59. The lowest BCUT2D eigenvalue weighted by atomic mass is 9.88. The molecule has 5 heteroatoms. The zero-order valence-electron chi connectivity index (χ0n) is 12.7. The molecule has 0 aromatic heterocycles. The predicted molar refractivity (Wildman–Crippen MR) is 84.5 cm³/mol. The standard InChI is InChI=1S/C17H20ClNO3/c1-21-16-14(18)8-13(9-15(16)22-10-12-4-5-12)17(19-11-20)6-2-3-7-17/h8-9,12H,2-7,10H2,1H3. The molecule has 2 saturated carbocycles. The Morgan fingerprint density at radius 3 is 2.68 bits per heavy atom. The van der Waals surface area contributed by atoms with Gasteiger partial charge in [0, 0.05) is 0 Å². The maximum Gasteiger partial charge on any atom is 0.235 e. The second kappa shape index (κ2) is 6.31. The number of isocyanates is 1. The van der Waals surface area contributed by atoms with Crippen molar-refractivity contribution in [1.82, 2.24) is 0 Å². The third-order valence-electron chi connectivity index (χ3n) is 4.61. The van der Waals surface area contributed by atoms with Crippen molar-refractivity contribution in [3.63, 3.8) is 0 Å². The van der Waals surface area contributed by atoms with Gasteiger partial charge in [-0.05, 0) is 49.3 Å². The zero-order chi connectivity index (χ0) is 15.6. The molecule has 3 rings (SSSR count). The van der Waals surface area contributed by atoms with Gasteiger partial charge in [0.15, 0.2) is 11.5 Å². The average Bonchev–Trinajstić information content (AvgIpc) is 3.22. The van der Waals surface area contributed by atoms with E-state index in [0.717, 1.165) is 31.2 Å². The van der Waals surface area contributed by atoms with Gasteiger partial charge in [-0.1, -0.05) is 24.4 Å². The highest BCUT2D eigenvalue weighted by molar-refractivity contribution is 6.32. The molecule has 2 aliphatic rings. The van der Waals surface area contributed by atoms with E-state index in [0.29, 0.717) is 29.0 Å². The summed E-state index contributed by atoms with van der Waals surface area (Å²) in [5.74, 6) is 1.83. The molecule has 1 aromatic carbocycles. The fourth-order valence-corrected chi connectivity index (χ4v) is 3.43. The summed E-state index contributed by atoms with van der Waals surface area (Å²) in [4.78, 5) is 15.0. The number of benzene rings is 1. The van der Waals surface area contributed by atoms with Gasteiger partial charge in [-0.3, -0.25) is 0 Å². The normalized spacial score (nSPS) is 19.5. The van der Waals surface area contributed by atoms with Gasteiger partial charge in [-0.2, -0.15) is 4.99 Å². The van der Waals surface area contributed by atoms with Crippen LogP contribution in [0.2, 0.25) is 5.02 Å². The first kappa shape index (κ1) is 15.4. The largest absolute Gasteiger partial charge is 0.491 e. The molecule has 4 nitrogen and oxygen atoms in total. The summed E-state index contributed by atoms with van der Waals surface area (Å²) < 4.78 is 11.3. The smallest absolute Gasteiger partial charge is 0.235 e. The topological polar surface area (TPSA) is 47.9 Å². The van der Waals surface area contributed by atoms with Gasteiger partial charge in [0.25, 0.3) is 0 Å². The minimum atomic E-state index is -0.505. The maximum absolute atomic E-state index is 10.9. The Morgan fingerprint density at radius 1 is 1.36 bits per heavy atom. The summed E-state index contributed by atoms with van der Waals surface area (Å²) in [6, 6.07) is 3.77. The Kier molecular flexibility index (Phi) is 4.42. The van der Waals surface area contributed by atoms with E-state index in [1.54, 1.807) is 13.2 Å². The molecule has 2 aliphatic carbocycles. The first-order valence-electron chi connectivity index (χ1n) is 7.78. The van der Waals surface area contributed by atoms with E-state index < -0.39 is 5.54 Å². The molecule has 22 heavy (non-hydrogen) atoms. The van der Waals surface area contributed by atoms with E-state index >= 15 is 0 Å². The van der Waals surface area contributed by atoms with Crippen LogP contribution in [0.25, 0.3) is 0 Å². The molecule has 0 amide bonds. The Balaban J connectivity index is 1.97. The number of ether oxygens (including phenoxy) is 2. The van der Waals surface area contributed by atoms with Crippen molar-refractivity contribution in [2.24, 2.45) is 10.9 Å². The molecular formula is C17H20ClNO3. The summed E-state index contributed by atoms with van der Waals surface area (Å²) >= 11 is 6.36. The molecule has 0 radical (unpaired) electrons. The predicted octanol–water partition coefficient (Wildman–Crippen LogP) is 4.24. The number of hydrogen-bond acceptors (Lipinski definition) is 4. The minimum Gasteiger partial charge on any atom is -0.491 e. The van der Waals surface area contributed by atoms with Gasteiger partial charge in [0.1, 0.15) is 0 Å². The Hall–Kier alpha value is -1.51. The minimum absolute atomic E-state index is 0.498. The fourth-order valence-electron chi connectivity index (χ4n) is 3.15. The number of aliphatic imine (C=N–C) groups is 1. The average molecular weight is 322 g/mol. The molecule has 1 aromatic rings. The SMILES string of the molecule is COc1c(Cl)cc(C2(N=C=O)CCCC2)cc1OCC1CC1. The lowest BCUT2D eigenvalue weighted by Crippen LogP contribution is -2.19. The molecule has 0 N–H and O–H groups in total. The van der Waals surface area contributed by atoms with Gasteiger partial charge < -0.3 is 9.47 Å². The Bertz CT molecular complexity index is 600. The summed E-state index contributed by atoms with van der Waals surface area (Å²) in [5, 5.41) is 0.498. The third kappa shape index (κ3) is 2.99. The van der Waals surface area contributed by atoms with Crippen molar-refractivity contribution in [1.29, 1.82) is 0 Å². The molecule has 0 bridgehead atoms. The van der Waals surface area contributed by atoms with Crippen LogP contribution in [0.1, 0.15) is 44.1 Å². The van der Waals surface area contributed by atoms with Crippen molar-refractivity contribution in [2.75, 3.05) is 13.7 Å². The van der Waals surface area contributed by atoms with Crippen LogP contribution in [0.15, 0.2) is 17.1 Å². The highest BCUT2D eigenvalue weighted by atomic mass is 35.5. The highest BCUT2D eigenvalue weighted by Crippen LogP contribution is 2.47. The maximum atomic E-state index is 10.9. The van der Waals surface area contributed by atoms with Crippen LogP contribution >= 0.6 is 11.6 Å². The van der Waals surface area contributed by atoms with Crippen LogP contribution in [-0.2, 0) is 10.3 Å². The number of methoxy groups -OCH3 is 1. The molecule has 0 unspecified atom stereocenters.